The van der Waals surface area contributed by atoms with Crippen LogP contribution in [0, 0.1) is 17.3 Å². The molecule has 0 saturated carbocycles. The van der Waals surface area contributed by atoms with Crippen molar-refractivity contribution in [3.05, 3.63) is 60.2 Å². The first-order valence-electron chi connectivity index (χ1n) is 9.26. The third-order valence-corrected chi connectivity index (χ3v) is 5.63. The minimum atomic E-state index is -0.515. The lowest BCUT2D eigenvalue weighted by molar-refractivity contribution is 0.335. The molecule has 2 aromatic heterocycles. The van der Waals surface area contributed by atoms with Crippen molar-refractivity contribution in [1.82, 2.24) is 19.7 Å². The number of benzene rings is 1. The lowest BCUT2D eigenvalue weighted by Gasteiger charge is -2.40. The van der Waals surface area contributed by atoms with Crippen molar-refractivity contribution in [2.45, 2.75) is 25.2 Å². The van der Waals surface area contributed by atoms with Crippen molar-refractivity contribution in [1.29, 1.82) is 5.26 Å². The summed E-state index contributed by atoms with van der Waals surface area (Å²) < 4.78 is 15.2. The van der Waals surface area contributed by atoms with Crippen LogP contribution in [-0.2, 0) is 12.5 Å². The highest BCUT2D eigenvalue weighted by atomic mass is 19.1. The van der Waals surface area contributed by atoms with Crippen LogP contribution in [0.1, 0.15) is 31.2 Å². The van der Waals surface area contributed by atoms with Gasteiger partial charge in [0.2, 0.25) is 5.95 Å². The van der Waals surface area contributed by atoms with Crippen molar-refractivity contribution in [3.63, 3.8) is 0 Å². The number of piperidine rings is 1. The van der Waals surface area contributed by atoms with Crippen LogP contribution >= 0.6 is 0 Å². The molecule has 6 nitrogen and oxygen atoms in total. The van der Waals surface area contributed by atoms with Crippen LogP contribution in [-0.4, -0.2) is 32.8 Å². The first-order valence-corrected chi connectivity index (χ1v) is 9.26. The van der Waals surface area contributed by atoms with Gasteiger partial charge in [0.1, 0.15) is 18.2 Å². The van der Waals surface area contributed by atoms with Crippen LogP contribution in [0.25, 0.3) is 11.1 Å². The number of aryl methyl sites for hydroxylation is 1. The zero-order chi connectivity index (χ0) is 19.7. The number of para-hydroxylation sites is 1. The van der Waals surface area contributed by atoms with E-state index in [1.165, 1.54) is 12.3 Å². The van der Waals surface area contributed by atoms with Crippen molar-refractivity contribution in [2.75, 3.05) is 18.0 Å². The van der Waals surface area contributed by atoms with Crippen molar-refractivity contribution in [2.24, 2.45) is 7.05 Å². The average Bonchev–Trinajstić information content (AvgIpc) is 3.15. The van der Waals surface area contributed by atoms with Gasteiger partial charge in [0.25, 0.3) is 0 Å². The van der Waals surface area contributed by atoms with Crippen molar-refractivity contribution >= 4 is 5.69 Å². The number of pyridine rings is 1. The largest absolute Gasteiger partial charge is 0.370 e. The molecule has 1 aliphatic heterocycles. The number of aromatic nitrogens is 4. The van der Waals surface area contributed by atoms with Gasteiger partial charge in [-0.3, -0.25) is 0 Å². The predicted octanol–water partition coefficient (Wildman–Crippen LogP) is 3.45. The number of hydrogen-bond acceptors (Lipinski definition) is 5. The number of anilines is 1. The summed E-state index contributed by atoms with van der Waals surface area (Å²) in [6, 6.07) is 11.0. The molecule has 3 aromatic rings. The van der Waals surface area contributed by atoms with Gasteiger partial charge in [0.15, 0.2) is 0 Å². The Hall–Kier alpha value is -3.27. The van der Waals surface area contributed by atoms with E-state index in [9.17, 15) is 9.65 Å². The third-order valence-electron chi connectivity index (χ3n) is 5.63. The number of halogens is 1. The van der Waals surface area contributed by atoms with Crippen LogP contribution in [0.15, 0.2) is 42.9 Å². The van der Waals surface area contributed by atoms with E-state index in [-0.39, 0.29) is 5.41 Å². The molecule has 0 spiro atoms. The highest BCUT2D eigenvalue weighted by Gasteiger charge is 2.36. The Morgan fingerprint density at radius 3 is 2.57 bits per heavy atom. The zero-order valence-corrected chi connectivity index (χ0v) is 15.9. The summed E-state index contributed by atoms with van der Waals surface area (Å²) in [6.07, 6.45) is 5.06. The summed E-state index contributed by atoms with van der Waals surface area (Å²) in [6.45, 7) is 3.81. The molecule has 0 atom stereocenters. The maximum Gasteiger partial charge on any atom is 0.212 e. The molecule has 28 heavy (non-hydrogen) atoms. The maximum absolute atomic E-state index is 13.3. The van der Waals surface area contributed by atoms with Gasteiger partial charge in [-0.05, 0) is 31.0 Å². The van der Waals surface area contributed by atoms with Gasteiger partial charge in [0, 0.05) is 42.9 Å². The Balaban J connectivity index is 1.68. The highest BCUT2D eigenvalue weighted by Crippen LogP contribution is 2.39. The van der Waals surface area contributed by atoms with Crippen molar-refractivity contribution < 1.29 is 4.39 Å². The third kappa shape index (κ3) is 3.11. The van der Waals surface area contributed by atoms with E-state index in [0.29, 0.717) is 5.56 Å². The monoisotopic (exact) mass is 376 g/mol. The molecule has 0 radical (unpaired) electrons. The summed E-state index contributed by atoms with van der Waals surface area (Å²) in [4.78, 5) is 6.02. The zero-order valence-electron chi connectivity index (χ0n) is 15.9. The molecule has 0 bridgehead atoms. The van der Waals surface area contributed by atoms with E-state index in [4.69, 9.17) is 0 Å². The molecule has 0 N–H and O–H groups in total. The molecule has 1 fully saturated rings. The van der Waals surface area contributed by atoms with Gasteiger partial charge in [-0.15, -0.1) is 10.2 Å². The van der Waals surface area contributed by atoms with Crippen LogP contribution in [0.5, 0.6) is 0 Å². The molecule has 3 heterocycles. The van der Waals surface area contributed by atoms with Gasteiger partial charge in [-0.25, -0.2) is 4.98 Å². The molecule has 0 amide bonds. The van der Waals surface area contributed by atoms with Gasteiger partial charge >= 0.3 is 0 Å². The smallest absolute Gasteiger partial charge is 0.212 e. The molecular weight excluding hydrogens is 355 g/mol. The quantitative estimate of drug-likeness (QED) is 0.655. The minimum absolute atomic E-state index is 0.0546. The Morgan fingerprint density at radius 2 is 1.96 bits per heavy atom. The fourth-order valence-electron chi connectivity index (χ4n) is 4.02. The standard InChI is InChI=1S/C21H21FN6/c1-21(20-26-25-14-27(20)2)8-10-28(11-9-21)19-15(12-23)4-3-5-17(19)16-6-7-18(22)24-13-16/h3-7,13-14H,8-11H2,1-2H3. The molecule has 0 aliphatic carbocycles. The molecule has 7 heteroatoms. The molecule has 142 valence electrons. The van der Waals surface area contributed by atoms with Crippen LogP contribution in [0.2, 0.25) is 0 Å². The lowest BCUT2D eigenvalue weighted by atomic mass is 9.79. The number of rotatable bonds is 3. The molecule has 1 aromatic carbocycles. The van der Waals surface area contributed by atoms with Crippen LogP contribution in [0.4, 0.5) is 10.1 Å². The first-order chi connectivity index (χ1) is 13.5. The summed E-state index contributed by atoms with van der Waals surface area (Å²) in [7, 11) is 1.97. The molecule has 1 aliphatic rings. The van der Waals surface area contributed by atoms with Crippen LogP contribution < -0.4 is 4.90 Å². The summed E-state index contributed by atoms with van der Waals surface area (Å²) >= 11 is 0. The van der Waals surface area contributed by atoms with Crippen LogP contribution in [0.3, 0.4) is 0 Å². The fraction of sp³-hybridized carbons (Fsp3) is 0.333. The fourth-order valence-corrected chi connectivity index (χ4v) is 4.02. The van der Waals surface area contributed by atoms with E-state index in [1.54, 1.807) is 12.4 Å². The van der Waals surface area contributed by atoms with Gasteiger partial charge < -0.3 is 9.47 Å². The Morgan fingerprint density at radius 1 is 1.18 bits per heavy atom. The summed E-state index contributed by atoms with van der Waals surface area (Å²) in [5.74, 6) is 0.475. The second-order valence-electron chi connectivity index (χ2n) is 7.50. The molecule has 1 saturated heterocycles. The second-order valence-corrected chi connectivity index (χ2v) is 7.50. The van der Waals surface area contributed by atoms with E-state index in [2.05, 4.69) is 33.1 Å². The highest BCUT2D eigenvalue weighted by molar-refractivity contribution is 5.82. The number of nitriles is 1. The predicted molar refractivity (Wildman–Crippen MR) is 104 cm³/mol. The SMILES string of the molecule is Cn1cnnc1C1(C)CCN(c2c(C#N)cccc2-c2ccc(F)nc2)CC1. The normalized spacial score (nSPS) is 16.0. The average molecular weight is 376 g/mol. The van der Waals surface area contributed by atoms with Gasteiger partial charge in [-0.2, -0.15) is 9.65 Å². The molecule has 0 unspecified atom stereocenters. The van der Waals surface area contributed by atoms with Gasteiger partial charge in [-0.1, -0.05) is 19.1 Å². The van der Waals surface area contributed by atoms with E-state index >= 15 is 0 Å². The van der Waals surface area contributed by atoms with Crippen molar-refractivity contribution in [3.8, 4) is 17.2 Å². The van der Waals surface area contributed by atoms with E-state index in [1.807, 2.05) is 29.8 Å². The molecule has 4 rings (SSSR count). The summed E-state index contributed by atoms with van der Waals surface area (Å²) in [5, 5.41) is 18.0. The summed E-state index contributed by atoms with van der Waals surface area (Å²) in [5.41, 5.74) is 3.15. The second kappa shape index (κ2) is 7.04. The minimum Gasteiger partial charge on any atom is -0.370 e. The number of hydrogen-bond donors (Lipinski definition) is 0. The van der Waals surface area contributed by atoms with E-state index < -0.39 is 5.95 Å². The topological polar surface area (TPSA) is 70.6 Å². The number of nitrogens with zero attached hydrogens (tertiary/aromatic N) is 6. The Labute approximate surface area is 163 Å². The molecular formula is C21H21FN6. The lowest BCUT2D eigenvalue weighted by Crippen LogP contribution is -2.42. The first kappa shape index (κ1) is 18.1. The van der Waals surface area contributed by atoms with E-state index in [0.717, 1.165) is 48.6 Å². The Kier molecular flexibility index (Phi) is 4.55. The maximum atomic E-state index is 13.3. The Bertz CT molecular complexity index is 1030. The van der Waals surface area contributed by atoms with Gasteiger partial charge in [0.05, 0.1) is 11.3 Å².